The Morgan fingerprint density at radius 3 is 2.75 bits per heavy atom. The number of nitrogens with zero attached hydrogens (tertiary/aromatic N) is 1. The maximum absolute atomic E-state index is 9.76. The Hall–Kier alpha value is -1.48. The third-order valence-corrected chi connectivity index (χ3v) is 2.83. The smallest absolute Gasteiger partial charge is 0.124 e. The molecule has 0 radical (unpaired) electrons. The summed E-state index contributed by atoms with van der Waals surface area (Å²) in [6, 6.07) is 7.48. The first kappa shape index (κ1) is 11.0. The molecule has 0 aliphatic rings. The predicted molar refractivity (Wildman–Crippen MR) is 64.7 cm³/mol. The largest absolute Gasteiger partial charge is 0.507 e. The summed E-state index contributed by atoms with van der Waals surface area (Å²) in [5, 5.41) is 20.1. The van der Waals surface area contributed by atoms with E-state index in [4.69, 9.17) is 0 Å². The maximum Gasteiger partial charge on any atom is 0.124 e. The van der Waals surface area contributed by atoms with Crippen molar-refractivity contribution in [1.82, 2.24) is 4.57 Å². The van der Waals surface area contributed by atoms with E-state index in [2.05, 4.69) is 11.5 Å². The lowest BCUT2D eigenvalue weighted by atomic mass is 10.2. The van der Waals surface area contributed by atoms with Crippen LogP contribution in [0.15, 0.2) is 24.3 Å². The molecule has 1 unspecified atom stereocenters. The number of aliphatic hydroxyl groups excluding tert-OH is 1. The minimum Gasteiger partial charge on any atom is -0.507 e. The molecule has 0 aliphatic carbocycles. The van der Waals surface area contributed by atoms with Gasteiger partial charge in [0.25, 0.3) is 0 Å². The lowest BCUT2D eigenvalue weighted by Gasteiger charge is -2.09. The monoisotopic (exact) mass is 219 g/mol. The lowest BCUT2D eigenvalue weighted by Crippen LogP contribution is -2.09. The average Bonchev–Trinajstić information content (AvgIpc) is 2.56. The molecule has 0 amide bonds. The minimum atomic E-state index is -0.364. The van der Waals surface area contributed by atoms with Gasteiger partial charge in [-0.15, -0.1) is 0 Å². The van der Waals surface area contributed by atoms with Gasteiger partial charge in [-0.3, -0.25) is 0 Å². The summed E-state index contributed by atoms with van der Waals surface area (Å²) < 4.78 is 2.13. The van der Waals surface area contributed by atoms with Gasteiger partial charge >= 0.3 is 0 Å². The van der Waals surface area contributed by atoms with Crippen molar-refractivity contribution in [3.8, 4) is 5.75 Å². The van der Waals surface area contributed by atoms with Crippen molar-refractivity contribution in [3.63, 3.8) is 0 Å². The highest BCUT2D eigenvalue weighted by Gasteiger charge is 2.11. The summed E-state index contributed by atoms with van der Waals surface area (Å²) in [6.07, 6.45) is 0.249. The molecule has 0 aliphatic heterocycles. The van der Waals surface area contributed by atoms with Crippen LogP contribution in [0.1, 0.15) is 19.5 Å². The Morgan fingerprint density at radius 1 is 1.38 bits per heavy atom. The van der Waals surface area contributed by atoms with Crippen LogP contribution in [0.4, 0.5) is 0 Å². The van der Waals surface area contributed by atoms with Crippen molar-refractivity contribution < 1.29 is 10.2 Å². The van der Waals surface area contributed by atoms with Crippen LogP contribution >= 0.6 is 0 Å². The summed E-state index contributed by atoms with van der Waals surface area (Å²) in [5.41, 5.74) is 2.09. The summed E-state index contributed by atoms with van der Waals surface area (Å²) in [4.78, 5) is 0. The van der Waals surface area contributed by atoms with Gasteiger partial charge in [-0.05, 0) is 32.0 Å². The summed E-state index contributed by atoms with van der Waals surface area (Å²) >= 11 is 0. The zero-order valence-electron chi connectivity index (χ0n) is 9.64. The number of aromatic hydroxyl groups is 1. The van der Waals surface area contributed by atoms with Gasteiger partial charge in [0.15, 0.2) is 0 Å². The minimum absolute atomic E-state index is 0.302. The Labute approximate surface area is 94.9 Å². The number of fused-ring (bicyclic) bond motifs is 1. The number of aliphatic hydroxyl groups is 1. The second-order valence-corrected chi connectivity index (χ2v) is 4.14. The van der Waals surface area contributed by atoms with E-state index in [1.807, 2.05) is 18.2 Å². The predicted octanol–water partition coefficient (Wildman–Crippen LogP) is 2.29. The first-order valence-corrected chi connectivity index (χ1v) is 5.61. The molecule has 0 spiro atoms. The van der Waals surface area contributed by atoms with Crippen molar-refractivity contribution in [3.05, 3.63) is 30.0 Å². The lowest BCUT2D eigenvalue weighted by molar-refractivity contribution is 0.193. The zero-order chi connectivity index (χ0) is 11.7. The van der Waals surface area contributed by atoms with E-state index < -0.39 is 0 Å². The third-order valence-electron chi connectivity index (χ3n) is 2.83. The van der Waals surface area contributed by atoms with Crippen LogP contribution in [0.25, 0.3) is 10.9 Å². The van der Waals surface area contributed by atoms with E-state index in [0.29, 0.717) is 12.2 Å². The molecule has 1 aromatic carbocycles. The van der Waals surface area contributed by atoms with Gasteiger partial charge < -0.3 is 14.8 Å². The highest BCUT2D eigenvalue weighted by Crippen LogP contribution is 2.28. The quantitative estimate of drug-likeness (QED) is 0.832. The van der Waals surface area contributed by atoms with Crippen LogP contribution in [-0.4, -0.2) is 20.9 Å². The van der Waals surface area contributed by atoms with E-state index in [9.17, 15) is 10.2 Å². The highest BCUT2D eigenvalue weighted by atomic mass is 16.3. The molecule has 1 aromatic heterocycles. The van der Waals surface area contributed by atoms with Gasteiger partial charge in [0.1, 0.15) is 5.75 Å². The molecule has 2 aromatic rings. The van der Waals surface area contributed by atoms with Crippen molar-refractivity contribution in [2.45, 2.75) is 32.9 Å². The Bertz CT molecular complexity index is 500. The van der Waals surface area contributed by atoms with Gasteiger partial charge in [-0.1, -0.05) is 6.07 Å². The number of aromatic nitrogens is 1. The van der Waals surface area contributed by atoms with E-state index in [1.54, 1.807) is 13.0 Å². The molecule has 1 heterocycles. The molecule has 3 nitrogen and oxygen atoms in total. The standard InChI is InChI=1S/C13H17NO2/c1-3-14-10(7-9(2)15)8-11-12(14)5-4-6-13(11)16/h4-6,8-9,15-16H,3,7H2,1-2H3. The van der Waals surface area contributed by atoms with Gasteiger partial charge in [0.2, 0.25) is 0 Å². The van der Waals surface area contributed by atoms with Crippen LogP contribution < -0.4 is 0 Å². The highest BCUT2D eigenvalue weighted by molar-refractivity contribution is 5.87. The van der Waals surface area contributed by atoms with Crippen molar-refractivity contribution in [1.29, 1.82) is 0 Å². The number of hydrogen-bond acceptors (Lipinski definition) is 2. The second kappa shape index (κ2) is 4.18. The normalized spacial score (nSPS) is 13.2. The molecular weight excluding hydrogens is 202 g/mol. The van der Waals surface area contributed by atoms with Gasteiger partial charge in [0.05, 0.1) is 11.6 Å². The number of rotatable bonds is 3. The fourth-order valence-corrected chi connectivity index (χ4v) is 2.17. The van der Waals surface area contributed by atoms with Crippen LogP contribution in [0.5, 0.6) is 5.75 Å². The number of phenolic OH excluding ortho intramolecular Hbond substituents is 1. The summed E-state index contributed by atoms with van der Waals surface area (Å²) in [7, 11) is 0. The fraction of sp³-hybridized carbons (Fsp3) is 0.385. The molecule has 2 N–H and O–H groups in total. The van der Waals surface area contributed by atoms with Crippen molar-refractivity contribution in [2.75, 3.05) is 0 Å². The molecule has 0 saturated heterocycles. The molecule has 2 rings (SSSR count). The van der Waals surface area contributed by atoms with Crippen molar-refractivity contribution in [2.24, 2.45) is 0 Å². The SMILES string of the molecule is CCn1c(CC(C)O)cc2c(O)cccc21. The summed E-state index contributed by atoms with van der Waals surface area (Å²) in [6.45, 7) is 4.68. The van der Waals surface area contributed by atoms with E-state index >= 15 is 0 Å². The maximum atomic E-state index is 9.76. The number of benzene rings is 1. The molecule has 3 heteroatoms. The zero-order valence-corrected chi connectivity index (χ0v) is 9.64. The van der Waals surface area contributed by atoms with Gasteiger partial charge in [0, 0.05) is 24.0 Å². The topological polar surface area (TPSA) is 45.4 Å². The molecule has 0 bridgehead atoms. The Kier molecular flexibility index (Phi) is 2.88. The molecule has 0 fully saturated rings. The van der Waals surface area contributed by atoms with E-state index in [-0.39, 0.29) is 6.10 Å². The van der Waals surface area contributed by atoms with Gasteiger partial charge in [-0.2, -0.15) is 0 Å². The van der Waals surface area contributed by atoms with Crippen molar-refractivity contribution >= 4 is 10.9 Å². The van der Waals surface area contributed by atoms with Gasteiger partial charge in [-0.25, -0.2) is 0 Å². The molecule has 0 saturated carbocycles. The number of phenols is 1. The first-order valence-electron chi connectivity index (χ1n) is 5.61. The van der Waals surface area contributed by atoms with Crippen LogP contribution in [0.2, 0.25) is 0 Å². The molecule has 1 atom stereocenters. The van der Waals surface area contributed by atoms with Crippen LogP contribution in [0.3, 0.4) is 0 Å². The molecule has 16 heavy (non-hydrogen) atoms. The summed E-state index contributed by atoms with van der Waals surface area (Å²) in [5.74, 6) is 0.302. The van der Waals surface area contributed by atoms with E-state index in [0.717, 1.165) is 23.1 Å². The van der Waals surface area contributed by atoms with E-state index in [1.165, 1.54) is 0 Å². The van der Waals surface area contributed by atoms with Crippen LogP contribution in [0, 0.1) is 0 Å². The fourth-order valence-electron chi connectivity index (χ4n) is 2.17. The van der Waals surface area contributed by atoms with Crippen LogP contribution in [-0.2, 0) is 13.0 Å². The first-order chi connectivity index (χ1) is 7.63. The number of aryl methyl sites for hydroxylation is 1. The molecular formula is C13H17NO2. The number of hydrogen-bond donors (Lipinski definition) is 2. The second-order valence-electron chi connectivity index (χ2n) is 4.14. The third kappa shape index (κ3) is 1.78. The Morgan fingerprint density at radius 2 is 2.12 bits per heavy atom. The molecule has 86 valence electrons. The Balaban J connectivity index is 2.61. The average molecular weight is 219 g/mol.